The summed E-state index contributed by atoms with van der Waals surface area (Å²) < 4.78 is 6.70. The fourth-order valence-electron chi connectivity index (χ4n) is 1.39. The van der Waals surface area contributed by atoms with Gasteiger partial charge in [-0.15, -0.1) is 11.3 Å². The van der Waals surface area contributed by atoms with Gasteiger partial charge in [0.25, 0.3) is 0 Å². The Balaban J connectivity index is 2.74. The number of nitrogens with zero attached hydrogens (tertiary/aromatic N) is 1. The molecule has 0 saturated heterocycles. The summed E-state index contributed by atoms with van der Waals surface area (Å²) >= 11 is 3.98. The highest BCUT2D eigenvalue weighted by atomic mass is 127. The number of hydrogen-bond donors (Lipinski definition) is 0. The third kappa shape index (κ3) is 5.60. The minimum atomic E-state index is 0.103. The second kappa shape index (κ2) is 7.62. The molecule has 0 amide bonds. The summed E-state index contributed by atoms with van der Waals surface area (Å²) in [4.78, 5) is 4.43. The van der Waals surface area contributed by atoms with Gasteiger partial charge in [0, 0.05) is 14.8 Å². The van der Waals surface area contributed by atoms with Gasteiger partial charge in [-0.25, -0.2) is 4.98 Å². The normalized spacial score (nSPS) is 15.1. The third-order valence-corrected chi connectivity index (χ3v) is 3.86. The second-order valence-electron chi connectivity index (χ2n) is 3.83. The quantitative estimate of drug-likeness (QED) is 0.542. The molecule has 1 heterocycles. The van der Waals surface area contributed by atoms with Crippen LogP contribution in [-0.4, -0.2) is 11.1 Å². The molecule has 0 aliphatic heterocycles. The van der Waals surface area contributed by atoms with E-state index in [1.807, 2.05) is 6.92 Å². The molecule has 2 nitrogen and oxygen atoms in total. The molecule has 0 fully saturated rings. The molecule has 1 aromatic heterocycles. The summed E-state index contributed by atoms with van der Waals surface area (Å²) in [5.74, 6) is 0. The lowest BCUT2D eigenvalue weighted by molar-refractivity contribution is 0.285. The van der Waals surface area contributed by atoms with Crippen LogP contribution in [0.3, 0.4) is 0 Å². The highest BCUT2D eigenvalue weighted by molar-refractivity contribution is 14.1. The van der Waals surface area contributed by atoms with Gasteiger partial charge >= 0.3 is 0 Å². The topological polar surface area (TPSA) is 22.1 Å². The van der Waals surface area contributed by atoms with Crippen LogP contribution < -0.4 is 0 Å². The fraction of sp³-hybridized carbons (Fsp3) is 0.417. The fourth-order valence-corrected chi connectivity index (χ4v) is 2.54. The van der Waals surface area contributed by atoms with Crippen molar-refractivity contribution in [2.75, 3.05) is 0 Å². The SMILES string of the molecule is C/C(I)=C/C[C@H](OP)/C(C)=C/c1csc(C)n1. The first-order valence-corrected chi connectivity index (χ1v) is 7.74. The Morgan fingerprint density at radius 2 is 2.35 bits per heavy atom. The van der Waals surface area contributed by atoms with Gasteiger partial charge < -0.3 is 4.52 Å². The molecule has 0 aromatic carbocycles. The van der Waals surface area contributed by atoms with Crippen LogP contribution in [-0.2, 0) is 4.52 Å². The van der Waals surface area contributed by atoms with Crippen molar-refractivity contribution in [2.24, 2.45) is 0 Å². The summed E-state index contributed by atoms with van der Waals surface area (Å²) in [6, 6.07) is 0. The molecule has 0 spiro atoms. The molecule has 0 bridgehead atoms. The monoisotopic (exact) mass is 381 g/mol. The molecule has 1 unspecified atom stereocenters. The standard InChI is InChI=1S/C12H17INOPS/c1-8(6-11-7-17-10(3)14-11)12(15-16)5-4-9(2)13/h4,6-7,12H,5,16H2,1-3H3/b8-6+,9-4-/t12-/m0/s1. The van der Waals surface area contributed by atoms with Crippen molar-refractivity contribution in [1.82, 2.24) is 4.98 Å². The summed E-state index contributed by atoms with van der Waals surface area (Å²) in [6.07, 6.45) is 5.27. The maximum atomic E-state index is 5.42. The van der Waals surface area contributed by atoms with Crippen molar-refractivity contribution in [1.29, 1.82) is 0 Å². The number of thiazole rings is 1. The lowest BCUT2D eigenvalue weighted by Gasteiger charge is -2.13. The average Bonchev–Trinajstić information content (AvgIpc) is 2.64. The Labute approximate surface area is 123 Å². The summed E-state index contributed by atoms with van der Waals surface area (Å²) in [5, 5.41) is 3.16. The molecule has 2 atom stereocenters. The van der Waals surface area contributed by atoms with Crippen molar-refractivity contribution in [3.05, 3.63) is 31.3 Å². The largest absolute Gasteiger partial charge is 0.358 e. The lowest BCUT2D eigenvalue weighted by atomic mass is 10.1. The van der Waals surface area contributed by atoms with Crippen LogP contribution in [0.1, 0.15) is 31.0 Å². The maximum absolute atomic E-state index is 5.42. The maximum Gasteiger partial charge on any atom is 0.0901 e. The molecular weight excluding hydrogens is 364 g/mol. The van der Waals surface area contributed by atoms with E-state index in [-0.39, 0.29) is 6.10 Å². The zero-order valence-electron chi connectivity index (χ0n) is 10.2. The second-order valence-corrected chi connectivity index (χ2v) is 6.87. The first kappa shape index (κ1) is 15.3. The highest BCUT2D eigenvalue weighted by Crippen LogP contribution is 2.20. The molecule has 0 radical (unpaired) electrons. The predicted molar refractivity (Wildman–Crippen MR) is 87.5 cm³/mol. The van der Waals surface area contributed by atoms with Crippen molar-refractivity contribution >= 4 is 49.5 Å². The van der Waals surface area contributed by atoms with Crippen LogP contribution in [0.25, 0.3) is 6.08 Å². The van der Waals surface area contributed by atoms with Crippen LogP contribution in [0.4, 0.5) is 0 Å². The summed E-state index contributed by atoms with van der Waals surface area (Å²) in [5.41, 5.74) is 2.21. The molecule has 0 N–H and O–H groups in total. The van der Waals surface area contributed by atoms with E-state index in [0.29, 0.717) is 0 Å². The van der Waals surface area contributed by atoms with Gasteiger partial charge in [-0.3, -0.25) is 0 Å². The van der Waals surface area contributed by atoms with Gasteiger partial charge in [0.05, 0.1) is 16.8 Å². The van der Waals surface area contributed by atoms with E-state index >= 15 is 0 Å². The van der Waals surface area contributed by atoms with E-state index in [0.717, 1.165) is 17.1 Å². The summed E-state index contributed by atoms with van der Waals surface area (Å²) in [6.45, 7) is 6.19. The first-order chi connectivity index (χ1) is 8.02. The van der Waals surface area contributed by atoms with Gasteiger partial charge in [0.1, 0.15) is 0 Å². The van der Waals surface area contributed by atoms with Gasteiger partial charge in [-0.1, -0.05) is 6.08 Å². The Bertz CT molecular complexity index is 424. The first-order valence-electron chi connectivity index (χ1n) is 5.31. The van der Waals surface area contributed by atoms with Gasteiger partial charge in [-0.2, -0.15) is 0 Å². The van der Waals surface area contributed by atoms with Crippen LogP contribution in [0.5, 0.6) is 0 Å². The molecule has 17 heavy (non-hydrogen) atoms. The summed E-state index contributed by atoms with van der Waals surface area (Å²) in [7, 11) is 2.35. The number of hydrogen-bond acceptors (Lipinski definition) is 3. The zero-order valence-corrected chi connectivity index (χ0v) is 14.4. The van der Waals surface area contributed by atoms with Gasteiger partial charge in [0.2, 0.25) is 0 Å². The lowest BCUT2D eigenvalue weighted by Crippen LogP contribution is -2.07. The Morgan fingerprint density at radius 3 is 2.82 bits per heavy atom. The van der Waals surface area contributed by atoms with Crippen molar-refractivity contribution in [2.45, 2.75) is 33.3 Å². The van der Waals surface area contributed by atoms with E-state index in [2.05, 4.69) is 68.4 Å². The Morgan fingerprint density at radius 1 is 1.65 bits per heavy atom. The minimum absolute atomic E-state index is 0.103. The number of halogens is 1. The molecule has 5 heteroatoms. The number of aryl methyl sites for hydroxylation is 1. The van der Waals surface area contributed by atoms with E-state index in [9.17, 15) is 0 Å². The molecule has 0 aliphatic carbocycles. The van der Waals surface area contributed by atoms with E-state index in [1.54, 1.807) is 11.3 Å². The smallest absolute Gasteiger partial charge is 0.0901 e. The Hall–Kier alpha value is 0.230. The highest BCUT2D eigenvalue weighted by Gasteiger charge is 2.08. The molecule has 1 aromatic rings. The molecule has 0 aliphatic rings. The molecular formula is C12H17INOPS. The number of aromatic nitrogens is 1. The van der Waals surface area contributed by atoms with Crippen LogP contribution in [0, 0.1) is 6.92 Å². The van der Waals surface area contributed by atoms with Crippen molar-refractivity contribution in [3.8, 4) is 0 Å². The van der Waals surface area contributed by atoms with Crippen LogP contribution in [0.2, 0.25) is 0 Å². The van der Waals surface area contributed by atoms with E-state index < -0.39 is 0 Å². The molecule has 94 valence electrons. The van der Waals surface area contributed by atoms with Crippen LogP contribution >= 0.6 is 43.4 Å². The number of allylic oxidation sites excluding steroid dienone is 1. The third-order valence-electron chi connectivity index (χ3n) is 2.30. The van der Waals surface area contributed by atoms with Crippen molar-refractivity contribution in [3.63, 3.8) is 0 Å². The molecule has 0 saturated carbocycles. The predicted octanol–water partition coefficient (Wildman–Crippen LogP) is 4.76. The zero-order chi connectivity index (χ0) is 12.8. The van der Waals surface area contributed by atoms with Crippen molar-refractivity contribution < 1.29 is 4.52 Å². The van der Waals surface area contributed by atoms with E-state index in [1.165, 1.54) is 9.15 Å². The number of rotatable bonds is 5. The van der Waals surface area contributed by atoms with Crippen LogP contribution in [0.15, 0.2) is 20.6 Å². The van der Waals surface area contributed by atoms with Gasteiger partial charge in [0.15, 0.2) is 0 Å². The van der Waals surface area contributed by atoms with E-state index in [4.69, 9.17) is 4.52 Å². The average molecular weight is 381 g/mol. The Kier molecular flexibility index (Phi) is 6.85. The van der Waals surface area contributed by atoms with Gasteiger partial charge in [-0.05, 0) is 65.0 Å². The minimum Gasteiger partial charge on any atom is -0.358 e. The molecule has 1 rings (SSSR count).